The van der Waals surface area contributed by atoms with E-state index in [1.807, 2.05) is 42.5 Å². The standard InChI is InChI=1S/C42H37NO6/c44-40(43-37-13-5-7-19-47-41(37)45)39-34-12-4-2-10-29(34)24-31-22-27(16-18-35(31)39)26-15-17-33-30(21-26)23-28-9-1-3-11-32(28)36(33)25-49-38-14-6-8-20-48-42(38)46/h1-4,9-12,15-18,21-24,37-38H,5-8,13-14,19-20,25H2,(H,43,44). The fraction of sp³-hybridized carbons (Fsp3) is 0.262. The van der Waals surface area contributed by atoms with E-state index in [1.165, 1.54) is 0 Å². The summed E-state index contributed by atoms with van der Waals surface area (Å²) in [5, 5.41) is 10.9. The maximum Gasteiger partial charge on any atom is 0.335 e. The second-order valence-corrected chi connectivity index (χ2v) is 13.1. The van der Waals surface area contributed by atoms with Gasteiger partial charge >= 0.3 is 11.9 Å². The Balaban J connectivity index is 1.17. The van der Waals surface area contributed by atoms with Crippen molar-refractivity contribution in [3.63, 3.8) is 0 Å². The molecule has 2 atom stereocenters. The van der Waals surface area contributed by atoms with Crippen molar-refractivity contribution in [1.82, 2.24) is 5.32 Å². The zero-order valence-electron chi connectivity index (χ0n) is 27.2. The van der Waals surface area contributed by atoms with E-state index in [1.54, 1.807) is 0 Å². The zero-order valence-corrected chi connectivity index (χ0v) is 27.2. The molecule has 6 aromatic carbocycles. The highest BCUT2D eigenvalue weighted by Crippen LogP contribution is 2.36. The van der Waals surface area contributed by atoms with E-state index in [-0.39, 0.29) is 17.8 Å². The van der Waals surface area contributed by atoms with Gasteiger partial charge in [-0.1, -0.05) is 72.8 Å². The van der Waals surface area contributed by atoms with Crippen molar-refractivity contribution in [3.05, 3.63) is 108 Å². The molecule has 0 aromatic heterocycles. The molecule has 49 heavy (non-hydrogen) atoms. The first-order chi connectivity index (χ1) is 24.0. The molecule has 1 N–H and O–H groups in total. The fourth-order valence-electron chi connectivity index (χ4n) is 7.35. The highest BCUT2D eigenvalue weighted by atomic mass is 16.6. The van der Waals surface area contributed by atoms with E-state index < -0.39 is 12.1 Å². The molecule has 2 heterocycles. The molecule has 2 aliphatic rings. The first kappa shape index (κ1) is 31.0. The smallest absolute Gasteiger partial charge is 0.335 e. The molecule has 1 amide bonds. The summed E-state index contributed by atoms with van der Waals surface area (Å²) in [5.74, 6) is -0.924. The van der Waals surface area contributed by atoms with Crippen LogP contribution in [0.1, 0.15) is 54.4 Å². The second-order valence-electron chi connectivity index (χ2n) is 13.1. The molecule has 2 saturated heterocycles. The van der Waals surface area contributed by atoms with Gasteiger partial charge in [-0.15, -0.1) is 0 Å². The van der Waals surface area contributed by atoms with E-state index in [0.717, 1.165) is 85.5 Å². The lowest BCUT2D eigenvalue weighted by Gasteiger charge is -2.18. The third kappa shape index (κ3) is 6.11. The van der Waals surface area contributed by atoms with Crippen LogP contribution < -0.4 is 5.32 Å². The van der Waals surface area contributed by atoms with Crippen molar-refractivity contribution in [1.29, 1.82) is 0 Å². The molecule has 0 aliphatic carbocycles. The second kappa shape index (κ2) is 13.3. The van der Waals surface area contributed by atoms with Crippen molar-refractivity contribution in [3.8, 4) is 11.1 Å². The van der Waals surface area contributed by atoms with Gasteiger partial charge in [0, 0.05) is 0 Å². The number of carbonyl (C=O) groups is 3. The normalized spacial score (nSPS) is 18.6. The lowest BCUT2D eigenvalue weighted by Crippen LogP contribution is -2.41. The van der Waals surface area contributed by atoms with Gasteiger partial charge in [0.25, 0.3) is 5.91 Å². The summed E-state index contributed by atoms with van der Waals surface area (Å²) in [6, 6.07) is 32.4. The molecule has 2 fully saturated rings. The number of benzene rings is 6. The van der Waals surface area contributed by atoms with Crippen LogP contribution >= 0.6 is 0 Å². The highest BCUT2D eigenvalue weighted by Gasteiger charge is 2.27. The molecule has 2 aliphatic heterocycles. The van der Waals surface area contributed by atoms with Gasteiger partial charge < -0.3 is 19.5 Å². The number of amides is 1. The summed E-state index contributed by atoms with van der Waals surface area (Å²) in [4.78, 5) is 39.0. The molecule has 0 radical (unpaired) electrons. The first-order valence-corrected chi connectivity index (χ1v) is 17.2. The van der Waals surface area contributed by atoms with Crippen molar-refractivity contribution in [2.45, 2.75) is 57.3 Å². The van der Waals surface area contributed by atoms with Gasteiger partial charge in [0.15, 0.2) is 6.10 Å². The predicted octanol–water partition coefficient (Wildman–Crippen LogP) is 8.40. The number of fused-ring (bicyclic) bond motifs is 4. The summed E-state index contributed by atoms with van der Waals surface area (Å²) < 4.78 is 16.9. The molecule has 2 unspecified atom stereocenters. The number of nitrogens with one attached hydrogen (secondary N) is 1. The monoisotopic (exact) mass is 651 g/mol. The molecule has 246 valence electrons. The van der Waals surface area contributed by atoms with E-state index >= 15 is 0 Å². The Morgan fingerprint density at radius 1 is 0.633 bits per heavy atom. The summed E-state index contributed by atoms with van der Waals surface area (Å²) >= 11 is 0. The highest BCUT2D eigenvalue weighted by molar-refractivity contribution is 6.19. The quantitative estimate of drug-likeness (QED) is 0.144. The molecule has 0 saturated carbocycles. The van der Waals surface area contributed by atoms with E-state index in [9.17, 15) is 14.4 Å². The predicted molar refractivity (Wildman–Crippen MR) is 191 cm³/mol. The summed E-state index contributed by atoms with van der Waals surface area (Å²) in [7, 11) is 0. The van der Waals surface area contributed by atoms with Crippen molar-refractivity contribution in [2.75, 3.05) is 13.2 Å². The van der Waals surface area contributed by atoms with Crippen molar-refractivity contribution in [2.24, 2.45) is 0 Å². The van der Waals surface area contributed by atoms with Crippen molar-refractivity contribution < 1.29 is 28.6 Å². The number of esters is 2. The Labute approximate surface area is 284 Å². The van der Waals surface area contributed by atoms with Crippen LogP contribution in [0.25, 0.3) is 54.2 Å². The Morgan fingerprint density at radius 2 is 1.20 bits per heavy atom. The minimum Gasteiger partial charge on any atom is -0.464 e. The summed E-state index contributed by atoms with van der Waals surface area (Å²) in [6.45, 7) is 1.15. The van der Waals surface area contributed by atoms with E-state index in [2.05, 4.69) is 59.9 Å². The van der Waals surface area contributed by atoms with Crippen LogP contribution in [0.3, 0.4) is 0 Å². The van der Waals surface area contributed by atoms with Gasteiger partial charge in [-0.2, -0.15) is 0 Å². The van der Waals surface area contributed by atoms with Crippen LogP contribution in [-0.2, 0) is 30.4 Å². The van der Waals surface area contributed by atoms with Crippen LogP contribution in [0, 0.1) is 0 Å². The number of carbonyl (C=O) groups excluding carboxylic acids is 3. The summed E-state index contributed by atoms with van der Waals surface area (Å²) in [5.41, 5.74) is 3.68. The van der Waals surface area contributed by atoms with Crippen LogP contribution in [-0.4, -0.2) is 43.2 Å². The topological polar surface area (TPSA) is 90.9 Å². The van der Waals surface area contributed by atoms with E-state index in [4.69, 9.17) is 14.2 Å². The van der Waals surface area contributed by atoms with Crippen LogP contribution in [0.2, 0.25) is 0 Å². The molecule has 8 rings (SSSR count). The van der Waals surface area contributed by atoms with Gasteiger partial charge in [-0.05, 0) is 123 Å². The van der Waals surface area contributed by atoms with Crippen LogP contribution in [0.15, 0.2) is 97.1 Å². The number of ether oxygens (including phenoxy) is 3. The largest absolute Gasteiger partial charge is 0.464 e. The van der Waals surface area contributed by atoms with Gasteiger partial charge in [-0.3, -0.25) is 4.79 Å². The maximum absolute atomic E-state index is 13.9. The van der Waals surface area contributed by atoms with E-state index in [0.29, 0.717) is 38.2 Å². The lowest BCUT2D eigenvalue weighted by atomic mass is 9.91. The Bertz CT molecular complexity index is 2260. The molecule has 7 nitrogen and oxygen atoms in total. The number of rotatable bonds is 6. The SMILES string of the molecule is O=C(NC1CCCCOC1=O)c1c2ccccc2cc2cc(-c3ccc4c(COC5CCCCOC5=O)c5ccccc5cc4c3)ccc12. The number of cyclic esters (lactones) is 2. The van der Waals surface area contributed by atoms with Crippen LogP contribution in [0.5, 0.6) is 0 Å². The van der Waals surface area contributed by atoms with Gasteiger partial charge in [0.05, 0.1) is 25.4 Å². The molecule has 7 heteroatoms. The minimum atomic E-state index is -0.659. The van der Waals surface area contributed by atoms with Crippen molar-refractivity contribution >= 4 is 60.9 Å². The Hall–Kier alpha value is -5.27. The molecular weight excluding hydrogens is 614 g/mol. The number of hydrogen-bond donors (Lipinski definition) is 1. The molecule has 0 bridgehead atoms. The Kier molecular flexibility index (Phi) is 8.44. The maximum atomic E-state index is 13.9. The average molecular weight is 652 g/mol. The van der Waals surface area contributed by atoms with Gasteiger partial charge in [-0.25, -0.2) is 9.59 Å². The third-order valence-corrected chi connectivity index (χ3v) is 9.91. The molecule has 6 aromatic rings. The van der Waals surface area contributed by atoms with Gasteiger partial charge in [0.2, 0.25) is 0 Å². The summed E-state index contributed by atoms with van der Waals surface area (Å²) in [6.07, 6.45) is 4.06. The Morgan fingerprint density at radius 3 is 1.96 bits per heavy atom. The lowest BCUT2D eigenvalue weighted by molar-refractivity contribution is -0.156. The number of hydrogen-bond acceptors (Lipinski definition) is 6. The first-order valence-electron chi connectivity index (χ1n) is 17.2. The fourth-order valence-corrected chi connectivity index (χ4v) is 7.35. The average Bonchev–Trinajstić information content (AvgIpc) is 3.46. The minimum absolute atomic E-state index is 0.275. The molecular formula is C42H37NO6. The molecule has 0 spiro atoms. The zero-order chi connectivity index (χ0) is 33.3. The van der Waals surface area contributed by atoms with Crippen LogP contribution in [0.4, 0.5) is 0 Å². The van der Waals surface area contributed by atoms with Gasteiger partial charge in [0.1, 0.15) is 6.04 Å². The third-order valence-electron chi connectivity index (χ3n) is 9.91.